The number of nitrogens with one attached hydrogen (secondary N) is 1. The zero-order chi connectivity index (χ0) is 26.3. The van der Waals surface area contributed by atoms with Crippen molar-refractivity contribution in [1.82, 2.24) is 24.6 Å². The van der Waals surface area contributed by atoms with Crippen LogP contribution in [0.5, 0.6) is 0 Å². The first-order valence-electron chi connectivity index (χ1n) is 13.6. The number of rotatable bonds is 7. The van der Waals surface area contributed by atoms with Crippen molar-refractivity contribution >= 4 is 38.9 Å². The molecule has 2 fully saturated rings. The molecule has 1 saturated carbocycles. The summed E-state index contributed by atoms with van der Waals surface area (Å²) >= 11 is 1.53. The van der Waals surface area contributed by atoms with Crippen LogP contribution in [0.4, 0.5) is 20.9 Å². The van der Waals surface area contributed by atoms with Gasteiger partial charge in [0.25, 0.3) is 0 Å². The standard InChI is InChI=1S/C30H30FN7S/c1-2-36-14-16-37(17-15-36)26-19-27-25(32-28(38(27)21-12-13-21)22-10-6-7-11-23(22)31)18-24(26)33-30-35-34-29(39-30)20-8-4-3-5-9-20/h3-11,18-19,21H,2,12-17H2,1H3,(H,33,35). The third kappa shape index (κ3) is 4.66. The van der Waals surface area contributed by atoms with Crippen molar-refractivity contribution in [3.05, 3.63) is 72.5 Å². The molecule has 0 bridgehead atoms. The minimum atomic E-state index is -0.244. The summed E-state index contributed by atoms with van der Waals surface area (Å²) in [6.45, 7) is 7.20. The van der Waals surface area contributed by atoms with Crippen LogP contribution in [0.15, 0.2) is 66.7 Å². The third-order valence-electron chi connectivity index (χ3n) is 7.68. The molecule has 0 radical (unpaired) electrons. The normalized spacial score (nSPS) is 16.2. The average Bonchev–Trinajstić information content (AvgIpc) is 3.59. The van der Waals surface area contributed by atoms with Crippen molar-refractivity contribution < 1.29 is 4.39 Å². The van der Waals surface area contributed by atoms with Gasteiger partial charge in [0.15, 0.2) is 0 Å². The predicted octanol–water partition coefficient (Wildman–Crippen LogP) is 6.58. The fraction of sp³-hybridized carbons (Fsp3) is 0.300. The molecule has 9 heteroatoms. The number of imidazole rings is 1. The largest absolute Gasteiger partial charge is 0.367 e. The Kier molecular flexibility index (Phi) is 6.25. The molecule has 0 amide bonds. The molecule has 0 spiro atoms. The van der Waals surface area contributed by atoms with Gasteiger partial charge in [0.2, 0.25) is 5.13 Å². The molecule has 39 heavy (non-hydrogen) atoms. The molecule has 1 N–H and O–H groups in total. The second-order valence-electron chi connectivity index (χ2n) is 10.2. The van der Waals surface area contributed by atoms with Crippen LogP contribution in [-0.4, -0.2) is 57.4 Å². The number of benzene rings is 3. The zero-order valence-corrected chi connectivity index (χ0v) is 22.7. The summed E-state index contributed by atoms with van der Waals surface area (Å²) in [5.74, 6) is 0.457. The Bertz CT molecular complexity index is 1620. The van der Waals surface area contributed by atoms with Crippen LogP contribution in [0, 0.1) is 5.82 Å². The highest BCUT2D eigenvalue weighted by atomic mass is 32.1. The van der Waals surface area contributed by atoms with E-state index in [0.29, 0.717) is 17.4 Å². The Morgan fingerprint density at radius 1 is 0.949 bits per heavy atom. The molecule has 1 aliphatic carbocycles. The Morgan fingerprint density at radius 2 is 1.72 bits per heavy atom. The van der Waals surface area contributed by atoms with Gasteiger partial charge in [-0.05, 0) is 43.7 Å². The second-order valence-corrected chi connectivity index (χ2v) is 11.2. The van der Waals surface area contributed by atoms with Gasteiger partial charge >= 0.3 is 0 Å². The number of nitrogens with zero attached hydrogens (tertiary/aromatic N) is 6. The fourth-order valence-electron chi connectivity index (χ4n) is 5.42. The Balaban J connectivity index is 1.33. The summed E-state index contributed by atoms with van der Waals surface area (Å²) in [4.78, 5) is 9.92. The van der Waals surface area contributed by atoms with E-state index >= 15 is 0 Å². The predicted molar refractivity (Wildman–Crippen MR) is 156 cm³/mol. The number of aromatic nitrogens is 4. The molecule has 5 aromatic rings. The number of hydrogen-bond donors (Lipinski definition) is 1. The van der Waals surface area contributed by atoms with Crippen LogP contribution >= 0.6 is 11.3 Å². The van der Waals surface area contributed by atoms with Crippen molar-refractivity contribution in [2.75, 3.05) is 42.9 Å². The first-order chi connectivity index (χ1) is 19.2. The maximum Gasteiger partial charge on any atom is 0.210 e. The molecule has 7 rings (SSSR count). The molecular weight excluding hydrogens is 509 g/mol. The lowest BCUT2D eigenvalue weighted by atomic mass is 10.2. The smallest absolute Gasteiger partial charge is 0.210 e. The molecular formula is C30H30FN7S. The number of anilines is 3. The first-order valence-corrected chi connectivity index (χ1v) is 14.4. The van der Waals surface area contributed by atoms with Crippen LogP contribution in [0.2, 0.25) is 0 Å². The van der Waals surface area contributed by atoms with Crippen LogP contribution in [-0.2, 0) is 0 Å². The molecule has 2 aromatic heterocycles. The van der Waals surface area contributed by atoms with E-state index in [2.05, 4.69) is 48.9 Å². The lowest BCUT2D eigenvalue weighted by Crippen LogP contribution is -2.46. The van der Waals surface area contributed by atoms with Crippen LogP contribution in [0.1, 0.15) is 25.8 Å². The molecule has 3 aromatic carbocycles. The molecule has 7 nitrogen and oxygen atoms in total. The van der Waals surface area contributed by atoms with E-state index in [1.165, 1.54) is 17.4 Å². The first kappa shape index (κ1) is 24.2. The zero-order valence-electron chi connectivity index (χ0n) is 21.8. The number of piperazine rings is 1. The maximum atomic E-state index is 14.9. The Morgan fingerprint density at radius 3 is 2.46 bits per heavy atom. The lowest BCUT2D eigenvalue weighted by Gasteiger charge is -2.36. The monoisotopic (exact) mass is 539 g/mol. The van der Waals surface area contributed by atoms with E-state index < -0.39 is 0 Å². The molecule has 1 saturated heterocycles. The van der Waals surface area contributed by atoms with Gasteiger partial charge in [-0.25, -0.2) is 9.37 Å². The summed E-state index contributed by atoms with van der Waals surface area (Å²) in [7, 11) is 0. The maximum absolute atomic E-state index is 14.9. The molecule has 0 atom stereocenters. The van der Waals surface area contributed by atoms with Gasteiger partial charge in [-0.2, -0.15) is 0 Å². The van der Waals surface area contributed by atoms with Crippen LogP contribution in [0.25, 0.3) is 33.0 Å². The molecule has 0 unspecified atom stereocenters. The van der Waals surface area contributed by atoms with Crippen LogP contribution in [0.3, 0.4) is 0 Å². The summed E-state index contributed by atoms with van der Waals surface area (Å²) in [6, 6.07) is 21.7. The van der Waals surface area contributed by atoms with Gasteiger partial charge in [-0.1, -0.05) is 60.7 Å². The fourth-order valence-corrected chi connectivity index (χ4v) is 6.18. The van der Waals surface area contributed by atoms with Crippen molar-refractivity contribution in [1.29, 1.82) is 0 Å². The van der Waals surface area contributed by atoms with Gasteiger partial charge in [0.05, 0.1) is 28.0 Å². The number of likely N-dealkylation sites (N-methyl/N-ethyl adjacent to an activating group) is 1. The van der Waals surface area contributed by atoms with Gasteiger partial charge in [0, 0.05) is 37.8 Å². The highest BCUT2D eigenvalue weighted by molar-refractivity contribution is 7.18. The summed E-state index contributed by atoms with van der Waals surface area (Å²) < 4.78 is 17.2. The van der Waals surface area contributed by atoms with E-state index in [4.69, 9.17) is 4.98 Å². The van der Waals surface area contributed by atoms with Gasteiger partial charge in [0.1, 0.15) is 16.6 Å². The lowest BCUT2D eigenvalue weighted by molar-refractivity contribution is 0.271. The Labute approximate surface area is 230 Å². The summed E-state index contributed by atoms with van der Waals surface area (Å²) in [6.07, 6.45) is 2.18. The van der Waals surface area contributed by atoms with Crippen molar-refractivity contribution in [3.63, 3.8) is 0 Å². The second kappa shape index (κ2) is 10.1. The molecule has 198 valence electrons. The molecule has 3 heterocycles. The van der Waals surface area contributed by atoms with E-state index in [0.717, 1.165) is 83.7 Å². The topological polar surface area (TPSA) is 62.1 Å². The molecule has 2 aliphatic rings. The van der Waals surface area contributed by atoms with E-state index in [-0.39, 0.29) is 5.82 Å². The highest BCUT2D eigenvalue weighted by Gasteiger charge is 2.31. The number of fused-ring (bicyclic) bond motifs is 1. The minimum Gasteiger partial charge on any atom is -0.367 e. The van der Waals surface area contributed by atoms with Gasteiger partial charge in [-0.3, -0.25) is 0 Å². The summed E-state index contributed by atoms with van der Waals surface area (Å²) in [5, 5.41) is 14.1. The van der Waals surface area contributed by atoms with E-state index in [9.17, 15) is 4.39 Å². The van der Waals surface area contributed by atoms with Crippen molar-refractivity contribution in [3.8, 4) is 22.0 Å². The number of hydrogen-bond acceptors (Lipinski definition) is 7. The Hall–Kier alpha value is -3.82. The van der Waals surface area contributed by atoms with Crippen LogP contribution < -0.4 is 10.2 Å². The number of halogens is 1. The highest BCUT2D eigenvalue weighted by Crippen LogP contribution is 2.44. The SMILES string of the molecule is CCN1CCN(c2cc3c(cc2Nc2nnc(-c4ccccc4)s2)nc(-c2ccccc2F)n3C2CC2)CC1. The van der Waals surface area contributed by atoms with E-state index in [1.807, 2.05) is 42.5 Å². The third-order valence-corrected chi connectivity index (χ3v) is 8.57. The minimum absolute atomic E-state index is 0.244. The van der Waals surface area contributed by atoms with Gasteiger partial charge in [-0.15, -0.1) is 10.2 Å². The van der Waals surface area contributed by atoms with Gasteiger partial charge < -0.3 is 19.7 Å². The molecule has 1 aliphatic heterocycles. The van der Waals surface area contributed by atoms with E-state index in [1.54, 1.807) is 6.07 Å². The van der Waals surface area contributed by atoms with Crippen molar-refractivity contribution in [2.45, 2.75) is 25.8 Å². The quantitative estimate of drug-likeness (QED) is 0.252. The average molecular weight is 540 g/mol. The van der Waals surface area contributed by atoms with Crippen molar-refractivity contribution in [2.24, 2.45) is 0 Å². The summed E-state index contributed by atoms with van der Waals surface area (Å²) in [5.41, 5.74) is 5.57.